The zero-order chi connectivity index (χ0) is 21.4. The molecule has 30 heavy (non-hydrogen) atoms. The molecule has 1 aliphatic heterocycles. The number of carbonyl (C=O) groups is 1. The van der Waals surface area contributed by atoms with Gasteiger partial charge in [0.1, 0.15) is 0 Å². The van der Waals surface area contributed by atoms with E-state index in [1.165, 1.54) is 33.4 Å². The number of carbonyl (C=O) groups excluding carboxylic acids is 1. The number of fused-ring (bicyclic) bond motifs is 1. The SMILES string of the molecule is Cc1c(C)c(C)c(CSc2ccccc2NC2OC(=O)c3ccccc32)c(C)c1C. The molecule has 0 saturated carbocycles. The van der Waals surface area contributed by atoms with E-state index in [-0.39, 0.29) is 5.97 Å². The second kappa shape index (κ2) is 8.19. The second-order valence-electron chi connectivity index (χ2n) is 7.91. The molecule has 3 aromatic rings. The van der Waals surface area contributed by atoms with Crippen molar-refractivity contribution in [3.63, 3.8) is 0 Å². The van der Waals surface area contributed by atoms with Crippen molar-refractivity contribution in [3.05, 3.63) is 93.0 Å². The molecule has 0 aliphatic carbocycles. The smallest absolute Gasteiger partial charge is 0.340 e. The third-order valence-electron chi connectivity index (χ3n) is 6.39. The average Bonchev–Trinajstić information content (AvgIpc) is 3.07. The lowest BCUT2D eigenvalue weighted by molar-refractivity contribution is 0.0437. The average molecular weight is 418 g/mol. The summed E-state index contributed by atoms with van der Waals surface area (Å²) in [5.41, 5.74) is 10.8. The summed E-state index contributed by atoms with van der Waals surface area (Å²) in [5, 5.41) is 3.43. The number of ether oxygens (including phenoxy) is 1. The Bertz CT molecular complexity index is 1110. The fourth-order valence-corrected chi connectivity index (χ4v) is 5.24. The van der Waals surface area contributed by atoms with E-state index in [0.29, 0.717) is 5.56 Å². The first-order valence-corrected chi connectivity index (χ1v) is 11.2. The van der Waals surface area contributed by atoms with Crippen LogP contribution in [0.4, 0.5) is 5.69 Å². The Morgan fingerprint density at radius 2 is 1.43 bits per heavy atom. The third kappa shape index (κ3) is 3.61. The van der Waals surface area contributed by atoms with Gasteiger partial charge in [0.05, 0.1) is 11.3 Å². The maximum Gasteiger partial charge on any atom is 0.340 e. The van der Waals surface area contributed by atoms with Gasteiger partial charge in [0.15, 0.2) is 0 Å². The zero-order valence-electron chi connectivity index (χ0n) is 18.1. The van der Waals surface area contributed by atoms with Crippen LogP contribution in [-0.2, 0) is 10.5 Å². The molecular weight excluding hydrogens is 390 g/mol. The number of benzene rings is 3. The van der Waals surface area contributed by atoms with Gasteiger partial charge in [-0.1, -0.05) is 30.3 Å². The van der Waals surface area contributed by atoms with Crippen molar-refractivity contribution >= 4 is 23.4 Å². The molecule has 154 valence electrons. The van der Waals surface area contributed by atoms with Crippen molar-refractivity contribution in [2.45, 2.75) is 51.5 Å². The first-order chi connectivity index (χ1) is 14.4. The molecule has 0 radical (unpaired) electrons. The number of anilines is 1. The molecule has 1 unspecified atom stereocenters. The van der Waals surface area contributed by atoms with Crippen molar-refractivity contribution in [1.82, 2.24) is 0 Å². The Labute approximate surface area is 182 Å². The molecule has 0 bridgehead atoms. The molecule has 4 heteroatoms. The highest BCUT2D eigenvalue weighted by Crippen LogP contribution is 2.37. The molecule has 1 N–H and O–H groups in total. The molecule has 0 fully saturated rings. The minimum atomic E-state index is -0.456. The summed E-state index contributed by atoms with van der Waals surface area (Å²) in [6.45, 7) is 11.1. The van der Waals surface area contributed by atoms with Crippen LogP contribution in [0.1, 0.15) is 55.5 Å². The van der Waals surface area contributed by atoms with Crippen LogP contribution in [0, 0.1) is 34.6 Å². The number of esters is 1. The number of nitrogens with one attached hydrogen (secondary N) is 1. The molecule has 1 atom stereocenters. The van der Waals surface area contributed by atoms with E-state index in [4.69, 9.17) is 4.74 Å². The Balaban J connectivity index is 1.58. The van der Waals surface area contributed by atoms with Crippen LogP contribution in [0.5, 0.6) is 0 Å². The Kier molecular flexibility index (Phi) is 5.61. The molecule has 0 amide bonds. The van der Waals surface area contributed by atoms with Gasteiger partial charge < -0.3 is 10.1 Å². The zero-order valence-corrected chi connectivity index (χ0v) is 18.9. The predicted molar refractivity (Wildman–Crippen MR) is 124 cm³/mol. The molecule has 1 heterocycles. The van der Waals surface area contributed by atoms with E-state index in [2.05, 4.69) is 46.0 Å². The van der Waals surface area contributed by atoms with Gasteiger partial charge in [-0.3, -0.25) is 0 Å². The van der Waals surface area contributed by atoms with E-state index in [0.717, 1.165) is 21.9 Å². The molecule has 3 nitrogen and oxygen atoms in total. The van der Waals surface area contributed by atoms with Gasteiger partial charge in [-0.15, -0.1) is 11.8 Å². The van der Waals surface area contributed by atoms with Gasteiger partial charge in [0.2, 0.25) is 6.23 Å². The minimum Gasteiger partial charge on any atom is -0.434 e. The second-order valence-corrected chi connectivity index (χ2v) is 8.92. The van der Waals surface area contributed by atoms with Crippen molar-refractivity contribution in [3.8, 4) is 0 Å². The van der Waals surface area contributed by atoms with Crippen LogP contribution in [0.3, 0.4) is 0 Å². The van der Waals surface area contributed by atoms with Gasteiger partial charge in [-0.2, -0.15) is 0 Å². The summed E-state index contributed by atoms with van der Waals surface area (Å²) in [4.78, 5) is 13.3. The van der Waals surface area contributed by atoms with Crippen molar-refractivity contribution in [1.29, 1.82) is 0 Å². The lowest BCUT2D eigenvalue weighted by Gasteiger charge is -2.20. The van der Waals surface area contributed by atoms with Gasteiger partial charge in [0, 0.05) is 16.2 Å². The van der Waals surface area contributed by atoms with E-state index < -0.39 is 6.23 Å². The number of rotatable bonds is 5. The highest BCUT2D eigenvalue weighted by Gasteiger charge is 2.30. The normalized spacial score (nSPS) is 15.1. The van der Waals surface area contributed by atoms with E-state index in [1.54, 1.807) is 0 Å². The number of cyclic esters (lactones) is 1. The highest BCUT2D eigenvalue weighted by molar-refractivity contribution is 7.98. The van der Waals surface area contributed by atoms with E-state index in [9.17, 15) is 4.79 Å². The van der Waals surface area contributed by atoms with Crippen LogP contribution >= 0.6 is 11.8 Å². The van der Waals surface area contributed by atoms with Crippen LogP contribution < -0.4 is 5.32 Å². The summed E-state index contributed by atoms with van der Waals surface area (Å²) >= 11 is 1.81. The Hall–Kier alpha value is -2.72. The van der Waals surface area contributed by atoms with Crippen molar-refractivity contribution in [2.24, 2.45) is 0 Å². The summed E-state index contributed by atoms with van der Waals surface area (Å²) < 4.78 is 5.58. The molecule has 3 aromatic carbocycles. The van der Waals surface area contributed by atoms with Gasteiger partial charge >= 0.3 is 5.97 Å². The topological polar surface area (TPSA) is 38.3 Å². The monoisotopic (exact) mass is 417 g/mol. The standard InChI is InChI=1S/C26H27NO2S/c1-15-16(2)18(4)22(19(5)17(15)3)14-30-24-13-9-8-12-23(24)27-25-20-10-6-7-11-21(20)26(28)29-25/h6-13,25,27H,14H2,1-5H3. The number of hydrogen-bond acceptors (Lipinski definition) is 4. The van der Waals surface area contributed by atoms with Crippen LogP contribution in [-0.4, -0.2) is 5.97 Å². The summed E-state index contributed by atoms with van der Waals surface area (Å²) in [6, 6.07) is 15.8. The quantitative estimate of drug-likeness (QED) is 0.366. The molecule has 0 aromatic heterocycles. The largest absolute Gasteiger partial charge is 0.434 e. The summed E-state index contributed by atoms with van der Waals surface area (Å²) in [7, 11) is 0. The van der Waals surface area contributed by atoms with Crippen molar-refractivity contribution < 1.29 is 9.53 Å². The van der Waals surface area contributed by atoms with Gasteiger partial charge in [-0.05, 0) is 86.2 Å². The molecule has 0 spiro atoms. The molecule has 1 aliphatic rings. The lowest BCUT2D eigenvalue weighted by Crippen LogP contribution is -2.11. The lowest BCUT2D eigenvalue weighted by atomic mass is 9.90. The maximum atomic E-state index is 12.2. The van der Waals surface area contributed by atoms with Crippen LogP contribution in [0.2, 0.25) is 0 Å². The fraction of sp³-hybridized carbons (Fsp3) is 0.269. The van der Waals surface area contributed by atoms with Gasteiger partial charge in [-0.25, -0.2) is 4.79 Å². The number of hydrogen-bond donors (Lipinski definition) is 1. The van der Waals surface area contributed by atoms with Crippen LogP contribution in [0.15, 0.2) is 53.4 Å². The molecule has 0 saturated heterocycles. The van der Waals surface area contributed by atoms with E-state index >= 15 is 0 Å². The maximum absolute atomic E-state index is 12.2. The van der Waals surface area contributed by atoms with Crippen molar-refractivity contribution in [2.75, 3.05) is 5.32 Å². The number of para-hydroxylation sites is 1. The Morgan fingerprint density at radius 1 is 0.833 bits per heavy atom. The predicted octanol–water partition coefficient (Wildman–Crippen LogP) is 6.80. The Morgan fingerprint density at radius 3 is 2.17 bits per heavy atom. The summed E-state index contributed by atoms with van der Waals surface area (Å²) in [5.74, 6) is 0.629. The number of thioether (sulfide) groups is 1. The third-order valence-corrected chi connectivity index (χ3v) is 7.49. The van der Waals surface area contributed by atoms with Crippen LogP contribution in [0.25, 0.3) is 0 Å². The highest BCUT2D eigenvalue weighted by atomic mass is 32.2. The summed E-state index contributed by atoms with van der Waals surface area (Å²) in [6.07, 6.45) is -0.456. The van der Waals surface area contributed by atoms with E-state index in [1.807, 2.05) is 54.2 Å². The molecule has 4 rings (SSSR count). The van der Waals surface area contributed by atoms with Gasteiger partial charge in [0.25, 0.3) is 0 Å². The molecular formula is C26H27NO2S. The fourth-order valence-electron chi connectivity index (χ4n) is 4.05. The minimum absolute atomic E-state index is 0.273. The first kappa shape index (κ1) is 20.5. The first-order valence-electron chi connectivity index (χ1n) is 10.2.